The van der Waals surface area contributed by atoms with Crippen LogP contribution in [0.25, 0.3) is 0 Å². The number of carbonyl (C=O) groups excluding carboxylic acids is 1. The lowest BCUT2D eigenvalue weighted by molar-refractivity contribution is 0.0916. The average molecular weight is 329 g/mol. The van der Waals surface area contributed by atoms with Gasteiger partial charge in [0.15, 0.2) is 0 Å². The number of hydrazone groups is 1. The molecule has 2 heterocycles. The summed E-state index contributed by atoms with van der Waals surface area (Å²) in [5.74, 6) is -0.188. The van der Waals surface area contributed by atoms with Gasteiger partial charge in [0.2, 0.25) is 0 Å². The van der Waals surface area contributed by atoms with E-state index in [-0.39, 0.29) is 12.5 Å². The van der Waals surface area contributed by atoms with Gasteiger partial charge < -0.3 is 10.4 Å². The second-order valence-corrected chi connectivity index (χ2v) is 6.32. The Hall–Kier alpha value is -2.18. The number of aliphatic hydroxyl groups is 1. The van der Waals surface area contributed by atoms with Gasteiger partial charge in [-0.3, -0.25) is 9.80 Å². The van der Waals surface area contributed by atoms with Crippen molar-refractivity contribution in [2.75, 3.05) is 18.1 Å². The molecule has 23 heavy (non-hydrogen) atoms. The minimum atomic E-state index is -0.675. The highest BCUT2D eigenvalue weighted by molar-refractivity contribution is 7.07. The van der Waals surface area contributed by atoms with E-state index in [1.54, 1.807) is 12.1 Å². The third-order valence-corrected chi connectivity index (χ3v) is 4.49. The van der Waals surface area contributed by atoms with Gasteiger partial charge in [0.05, 0.1) is 11.8 Å². The molecule has 1 unspecified atom stereocenters. The highest BCUT2D eigenvalue weighted by Gasteiger charge is 2.14. The summed E-state index contributed by atoms with van der Waals surface area (Å²) in [6, 6.07) is 9.21. The third kappa shape index (κ3) is 3.78. The van der Waals surface area contributed by atoms with Crippen LogP contribution in [0.2, 0.25) is 0 Å². The molecule has 120 valence electrons. The van der Waals surface area contributed by atoms with E-state index < -0.39 is 6.10 Å². The maximum atomic E-state index is 12.1. The van der Waals surface area contributed by atoms with E-state index in [4.69, 9.17) is 0 Å². The van der Waals surface area contributed by atoms with Crippen molar-refractivity contribution in [3.05, 3.63) is 52.2 Å². The Bertz CT molecular complexity index is 695. The smallest absolute Gasteiger partial charge is 0.251 e. The number of anilines is 1. The van der Waals surface area contributed by atoms with Crippen LogP contribution in [-0.2, 0) is 0 Å². The maximum Gasteiger partial charge on any atom is 0.251 e. The molecule has 0 aliphatic carbocycles. The average Bonchev–Trinajstić information content (AvgIpc) is 3.24. The fraction of sp³-hybridized carbons (Fsp3) is 0.294. The summed E-state index contributed by atoms with van der Waals surface area (Å²) in [6.45, 7) is 3.09. The lowest BCUT2D eigenvalue weighted by Crippen LogP contribution is -2.28. The predicted molar refractivity (Wildman–Crippen MR) is 93.1 cm³/mol. The second kappa shape index (κ2) is 6.93. The fourth-order valence-electron chi connectivity index (χ4n) is 2.42. The van der Waals surface area contributed by atoms with E-state index in [2.05, 4.69) is 10.4 Å². The first-order valence-corrected chi connectivity index (χ1v) is 8.48. The minimum absolute atomic E-state index is 0.188. The van der Waals surface area contributed by atoms with Crippen LogP contribution in [0.1, 0.15) is 35.4 Å². The molecule has 2 aromatic rings. The van der Waals surface area contributed by atoms with Crippen molar-refractivity contribution in [3.63, 3.8) is 0 Å². The van der Waals surface area contributed by atoms with Crippen LogP contribution in [0.4, 0.5) is 5.69 Å². The molecule has 1 aromatic heterocycles. The van der Waals surface area contributed by atoms with Crippen LogP contribution in [0.3, 0.4) is 0 Å². The minimum Gasteiger partial charge on any atom is -0.387 e. The summed E-state index contributed by atoms with van der Waals surface area (Å²) >= 11 is 1.52. The molecule has 3 rings (SSSR count). The monoisotopic (exact) mass is 329 g/mol. The van der Waals surface area contributed by atoms with Crippen LogP contribution in [-0.4, -0.2) is 29.8 Å². The molecule has 0 fully saturated rings. The number of nitrogens with one attached hydrogen (secondary N) is 1. The number of benzene rings is 1. The number of hydrogen-bond acceptors (Lipinski definition) is 5. The molecule has 1 aliphatic heterocycles. The Kier molecular flexibility index (Phi) is 4.73. The summed E-state index contributed by atoms with van der Waals surface area (Å²) in [4.78, 5) is 12.1. The summed E-state index contributed by atoms with van der Waals surface area (Å²) < 4.78 is 0. The molecule has 1 aromatic carbocycles. The predicted octanol–water partition coefficient (Wildman–Crippen LogP) is 2.80. The summed E-state index contributed by atoms with van der Waals surface area (Å²) in [6.07, 6.45) is 0.300. The highest BCUT2D eigenvalue weighted by Crippen LogP contribution is 2.20. The zero-order chi connectivity index (χ0) is 16.2. The largest absolute Gasteiger partial charge is 0.387 e. The number of carbonyl (C=O) groups is 1. The van der Waals surface area contributed by atoms with E-state index in [9.17, 15) is 9.90 Å². The molecule has 5 nitrogen and oxygen atoms in total. The zero-order valence-corrected chi connectivity index (χ0v) is 13.7. The van der Waals surface area contributed by atoms with E-state index >= 15 is 0 Å². The Morgan fingerprint density at radius 3 is 2.78 bits per heavy atom. The van der Waals surface area contributed by atoms with E-state index in [0.29, 0.717) is 5.56 Å². The summed E-state index contributed by atoms with van der Waals surface area (Å²) in [5, 5.41) is 22.9. The standard InChI is InChI=1S/C17H19N3O2S/c1-12-6-8-20(19-12)15-4-2-13(3-5-15)17(22)18-10-16(21)14-7-9-23-11-14/h2-5,7,9,11,16,21H,6,8,10H2,1H3,(H,18,22). The van der Waals surface area contributed by atoms with Crippen molar-refractivity contribution in [2.45, 2.75) is 19.4 Å². The molecule has 2 N–H and O–H groups in total. The first-order chi connectivity index (χ1) is 11.1. The van der Waals surface area contributed by atoms with Crippen LogP contribution < -0.4 is 10.3 Å². The third-order valence-electron chi connectivity index (χ3n) is 3.79. The van der Waals surface area contributed by atoms with Gasteiger partial charge in [-0.05, 0) is 53.6 Å². The van der Waals surface area contributed by atoms with Crippen molar-refractivity contribution >= 4 is 28.6 Å². The van der Waals surface area contributed by atoms with Gasteiger partial charge in [-0.25, -0.2) is 0 Å². The molecule has 6 heteroatoms. The summed E-state index contributed by atoms with van der Waals surface area (Å²) in [5.41, 5.74) is 3.50. The van der Waals surface area contributed by atoms with Crippen LogP contribution >= 0.6 is 11.3 Å². The molecule has 1 atom stereocenters. The van der Waals surface area contributed by atoms with Crippen LogP contribution in [0.5, 0.6) is 0 Å². The lowest BCUT2D eigenvalue weighted by atomic mass is 10.1. The molecular formula is C17H19N3O2S. The van der Waals surface area contributed by atoms with Crippen molar-refractivity contribution in [3.8, 4) is 0 Å². The van der Waals surface area contributed by atoms with Gasteiger partial charge in [0.25, 0.3) is 5.91 Å². The molecule has 0 saturated carbocycles. The van der Waals surface area contributed by atoms with Crippen LogP contribution in [0.15, 0.2) is 46.2 Å². The first-order valence-electron chi connectivity index (χ1n) is 7.53. The maximum absolute atomic E-state index is 12.1. The van der Waals surface area contributed by atoms with Crippen LogP contribution in [0, 0.1) is 0 Å². The molecular weight excluding hydrogens is 310 g/mol. The lowest BCUT2D eigenvalue weighted by Gasteiger charge is -2.14. The molecule has 0 spiro atoms. The Balaban J connectivity index is 1.57. The normalized spacial score (nSPS) is 15.4. The highest BCUT2D eigenvalue weighted by atomic mass is 32.1. The van der Waals surface area contributed by atoms with Gasteiger partial charge in [-0.15, -0.1) is 0 Å². The number of hydrogen-bond donors (Lipinski definition) is 2. The number of amides is 1. The molecule has 0 saturated heterocycles. The van der Waals surface area contributed by atoms with Crippen molar-refractivity contribution in [1.82, 2.24) is 5.32 Å². The van der Waals surface area contributed by atoms with Gasteiger partial charge >= 0.3 is 0 Å². The van der Waals surface area contributed by atoms with Crippen molar-refractivity contribution in [1.29, 1.82) is 0 Å². The number of rotatable bonds is 5. The van der Waals surface area contributed by atoms with E-state index in [1.807, 2.05) is 40.9 Å². The van der Waals surface area contributed by atoms with Gasteiger partial charge in [-0.1, -0.05) is 0 Å². The topological polar surface area (TPSA) is 64.9 Å². The van der Waals surface area contributed by atoms with Gasteiger partial charge in [0, 0.05) is 30.8 Å². The van der Waals surface area contributed by atoms with Crippen molar-refractivity contribution < 1.29 is 9.90 Å². The van der Waals surface area contributed by atoms with E-state index in [0.717, 1.165) is 29.9 Å². The zero-order valence-electron chi connectivity index (χ0n) is 12.9. The second-order valence-electron chi connectivity index (χ2n) is 5.54. The molecule has 0 bridgehead atoms. The molecule has 1 aliphatic rings. The quantitative estimate of drug-likeness (QED) is 0.886. The Morgan fingerprint density at radius 2 is 2.17 bits per heavy atom. The SMILES string of the molecule is CC1=NN(c2ccc(C(=O)NCC(O)c3ccsc3)cc2)CC1. The fourth-order valence-corrected chi connectivity index (χ4v) is 3.13. The van der Waals surface area contributed by atoms with Gasteiger partial charge in [-0.2, -0.15) is 16.4 Å². The first kappa shape index (κ1) is 15.7. The Morgan fingerprint density at radius 1 is 1.39 bits per heavy atom. The molecule has 0 radical (unpaired) electrons. The van der Waals surface area contributed by atoms with E-state index in [1.165, 1.54) is 11.3 Å². The van der Waals surface area contributed by atoms with Gasteiger partial charge in [0.1, 0.15) is 0 Å². The summed E-state index contributed by atoms with van der Waals surface area (Å²) in [7, 11) is 0. The molecule has 1 amide bonds. The number of nitrogens with zero attached hydrogens (tertiary/aromatic N) is 2. The number of thiophene rings is 1. The van der Waals surface area contributed by atoms with Crippen molar-refractivity contribution in [2.24, 2.45) is 5.10 Å². The number of aliphatic hydroxyl groups excluding tert-OH is 1. The Labute approximate surface area is 139 Å².